The Morgan fingerprint density at radius 3 is 2.62 bits per heavy atom. The zero-order valence-corrected chi connectivity index (χ0v) is 14.9. The summed E-state index contributed by atoms with van der Waals surface area (Å²) in [7, 11) is 0. The van der Waals surface area contributed by atoms with Crippen molar-refractivity contribution in [1.82, 2.24) is 5.32 Å². The summed E-state index contributed by atoms with van der Waals surface area (Å²) in [6.07, 6.45) is 4.68. The van der Waals surface area contributed by atoms with Gasteiger partial charge in [-0.3, -0.25) is 0 Å². The van der Waals surface area contributed by atoms with E-state index in [9.17, 15) is 0 Å². The Bertz CT molecular complexity index is 666. The molecular weight excluding hydrogens is 318 g/mol. The number of nitrogens with one attached hydrogen (secondary N) is 1. The standard InChI is InChI=1S/C20H26ClN3/c21-18-8-2-1-7-17(18)15-23-11-5-6-16-9-10-20(19(22)14-16)24-12-3-4-13-24/h1-2,7-10,14,23H,3-6,11-13,15,22H2. The molecule has 1 saturated heterocycles. The summed E-state index contributed by atoms with van der Waals surface area (Å²) in [5, 5.41) is 4.29. The maximum atomic E-state index is 6.25. The third-order valence-corrected chi connectivity index (χ3v) is 5.00. The molecule has 3 N–H and O–H groups in total. The van der Waals surface area contributed by atoms with Crippen molar-refractivity contribution in [3.8, 4) is 0 Å². The first kappa shape index (κ1) is 17.1. The van der Waals surface area contributed by atoms with E-state index in [0.717, 1.165) is 55.3 Å². The molecule has 4 heteroatoms. The number of nitrogen functional groups attached to an aromatic ring is 1. The second-order valence-electron chi connectivity index (χ2n) is 6.46. The van der Waals surface area contributed by atoms with Crippen LogP contribution in [0.15, 0.2) is 42.5 Å². The van der Waals surface area contributed by atoms with Gasteiger partial charge >= 0.3 is 0 Å². The van der Waals surface area contributed by atoms with Crippen LogP contribution in [0.1, 0.15) is 30.4 Å². The van der Waals surface area contributed by atoms with Gasteiger partial charge in [-0.15, -0.1) is 0 Å². The van der Waals surface area contributed by atoms with Gasteiger partial charge in [0, 0.05) is 24.7 Å². The van der Waals surface area contributed by atoms with Gasteiger partial charge in [-0.2, -0.15) is 0 Å². The molecule has 1 heterocycles. The van der Waals surface area contributed by atoms with Crippen molar-refractivity contribution in [3.63, 3.8) is 0 Å². The van der Waals surface area contributed by atoms with E-state index in [1.807, 2.05) is 18.2 Å². The molecule has 3 rings (SSSR count). The van der Waals surface area contributed by atoms with Crippen LogP contribution < -0.4 is 16.0 Å². The van der Waals surface area contributed by atoms with Crippen LogP contribution in [0.3, 0.4) is 0 Å². The second-order valence-corrected chi connectivity index (χ2v) is 6.87. The van der Waals surface area contributed by atoms with Crippen molar-refractivity contribution >= 4 is 23.0 Å². The number of rotatable bonds is 7. The number of anilines is 2. The van der Waals surface area contributed by atoms with Crippen molar-refractivity contribution < 1.29 is 0 Å². The smallest absolute Gasteiger partial charge is 0.0600 e. The largest absolute Gasteiger partial charge is 0.397 e. The summed E-state index contributed by atoms with van der Waals surface area (Å²) in [5.41, 5.74) is 10.8. The lowest BCUT2D eigenvalue weighted by molar-refractivity contribution is 0.649. The molecule has 24 heavy (non-hydrogen) atoms. The van der Waals surface area contributed by atoms with Gasteiger partial charge in [0.25, 0.3) is 0 Å². The molecule has 0 aromatic heterocycles. The first-order valence-electron chi connectivity index (χ1n) is 8.81. The number of benzene rings is 2. The van der Waals surface area contributed by atoms with Crippen LogP contribution in [0, 0.1) is 0 Å². The van der Waals surface area contributed by atoms with Crippen molar-refractivity contribution in [1.29, 1.82) is 0 Å². The number of hydrogen-bond donors (Lipinski definition) is 2. The molecule has 0 unspecified atom stereocenters. The summed E-state index contributed by atoms with van der Waals surface area (Å²) in [5.74, 6) is 0. The van der Waals surface area contributed by atoms with Gasteiger partial charge in [0.15, 0.2) is 0 Å². The fraction of sp³-hybridized carbons (Fsp3) is 0.400. The van der Waals surface area contributed by atoms with Gasteiger partial charge < -0.3 is 16.0 Å². The van der Waals surface area contributed by atoms with Crippen LogP contribution >= 0.6 is 11.6 Å². The second kappa shape index (κ2) is 8.41. The molecule has 0 aliphatic carbocycles. The van der Waals surface area contributed by atoms with Crippen LogP contribution in [0.25, 0.3) is 0 Å². The zero-order chi connectivity index (χ0) is 16.8. The molecule has 1 aliphatic rings. The van der Waals surface area contributed by atoms with Gasteiger partial charge in [-0.05, 0) is 61.6 Å². The maximum Gasteiger partial charge on any atom is 0.0600 e. The highest BCUT2D eigenvalue weighted by Gasteiger charge is 2.14. The van der Waals surface area contributed by atoms with E-state index in [1.54, 1.807) is 0 Å². The zero-order valence-electron chi connectivity index (χ0n) is 14.1. The highest BCUT2D eigenvalue weighted by molar-refractivity contribution is 6.31. The summed E-state index contributed by atoms with van der Waals surface area (Å²) in [6.45, 7) is 4.06. The quantitative estimate of drug-likeness (QED) is 0.583. The van der Waals surface area contributed by atoms with E-state index in [0.29, 0.717) is 0 Å². The van der Waals surface area contributed by atoms with Crippen LogP contribution in [0.5, 0.6) is 0 Å². The third-order valence-electron chi connectivity index (χ3n) is 4.63. The lowest BCUT2D eigenvalue weighted by Crippen LogP contribution is -2.19. The van der Waals surface area contributed by atoms with Crippen LogP contribution in [-0.2, 0) is 13.0 Å². The highest BCUT2D eigenvalue weighted by Crippen LogP contribution is 2.27. The van der Waals surface area contributed by atoms with E-state index in [4.69, 9.17) is 17.3 Å². The Balaban J connectivity index is 1.43. The number of aryl methyl sites for hydroxylation is 1. The first-order chi connectivity index (χ1) is 11.7. The average Bonchev–Trinajstić information content (AvgIpc) is 3.10. The summed E-state index contributed by atoms with van der Waals surface area (Å²) >= 11 is 6.16. The Kier molecular flexibility index (Phi) is 6.00. The molecule has 3 nitrogen and oxygen atoms in total. The summed E-state index contributed by atoms with van der Waals surface area (Å²) < 4.78 is 0. The Hall–Kier alpha value is -1.71. The minimum atomic E-state index is 0.815. The molecule has 2 aromatic rings. The summed E-state index contributed by atoms with van der Waals surface area (Å²) in [6, 6.07) is 14.5. The van der Waals surface area contributed by atoms with E-state index >= 15 is 0 Å². The van der Waals surface area contributed by atoms with Gasteiger partial charge in [0.1, 0.15) is 0 Å². The maximum absolute atomic E-state index is 6.25. The normalized spacial score (nSPS) is 14.3. The molecule has 0 spiro atoms. The van der Waals surface area contributed by atoms with Gasteiger partial charge in [-0.1, -0.05) is 35.9 Å². The number of nitrogens with two attached hydrogens (primary N) is 1. The molecule has 0 bridgehead atoms. The van der Waals surface area contributed by atoms with Gasteiger partial charge in [0.05, 0.1) is 11.4 Å². The van der Waals surface area contributed by atoms with Crippen molar-refractivity contribution in [2.24, 2.45) is 0 Å². The molecule has 1 aliphatic heterocycles. The Morgan fingerprint density at radius 2 is 1.88 bits per heavy atom. The number of nitrogens with zero attached hydrogens (tertiary/aromatic N) is 1. The van der Waals surface area contributed by atoms with Crippen LogP contribution in [-0.4, -0.2) is 19.6 Å². The fourth-order valence-electron chi connectivity index (χ4n) is 3.29. The predicted molar refractivity (Wildman–Crippen MR) is 104 cm³/mol. The van der Waals surface area contributed by atoms with Crippen LogP contribution in [0.4, 0.5) is 11.4 Å². The number of halogens is 1. The molecule has 0 atom stereocenters. The molecule has 0 saturated carbocycles. The molecule has 128 valence electrons. The minimum Gasteiger partial charge on any atom is -0.397 e. The molecule has 1 fully saturated rings. The third kappa shape index (κ3) is 4.43. The molecule has 0 amide bonds. The van der Waals surface area contributed by atoms with E-state index in [-0.39, 0.29) is 0 Å². The highest BCUT2D eigenvalue weighted by atomic mass is 35.5. The topological polar surface area (TPSA) is 41.3 Å². The first-order valence-corrected chi connectivity index (χ1v) is 9.19. The van der Waals surface area contributed by atoms with Crippen molar-refractivity contribution in [3.05, 3.63) is 58.6 Å². The van der Waals surface area contributed by atoms with Crippen molar-refractivity contribution in [2.75, 3.05) is 30.3 Å². The van der Waals surface area contributed by atoms with E-state index in [2.05, 4.69) is 34.5 Å². The van der Waals surface area contributed by atoms with Gasteiger partial charge in [0.2, 0.25) is 0 Å². The minimum absolute atomic E-state index is 0.815. The van der Waals surface area contributed by atoms with Gasteiger partial charge in [-0.25, -0.2) is 0 Å². The lowest BCUT2D eigenvalue weighted by atomic mass is 10.1. The summed E-state index contributed by atoms with van der Waals surface area (Å²) in [4.78, 5) is 2.39. The molecule has 0 radical (unpaired) electrons. The average molecular weight is 344 g/mol. The predicted octanol–water partition coefficient (Wildman–Crippen LogP) is 4.24. The fourth-order valence-corrected chi connectivity index (χ4v) is 3.49. The molecular formula is C20H26ClN3. The SMILES string of the molecule is Nc1cc(CCCNCc2ccccc2Cl)ccc1N1CCCC1. The Morgan fingerprint density at radius 1 is 1.08 bits per heavy atom. The van der Waals surface area contributed by atoms with Crippen molar-refractivity contribution in [2.45, 2.75) is 32.2 Å². The van der Waals surface area contributed by atoms with E-state index < -0.39 is 0 Å². The van der Waals surface area contributed by atoms with E-state index in [1.165, 1.54) is 24.1 Å². The Labute approximate surface area is 149 Å². The lowest BCUT2D eigenvalue weighted by Gasteiger charge is -2.20. The molecule has 2 aromatic carbocycles. The number of hydrogen-bond acceptors (Lipinski definition) is 3. The monoisotopic (exact) mass is 343 g/mol. The van der Waals surface area contributed by atoms with Crippen LogP contribution in [0.2, 0.25) is 5.02 Å².